The molecule has 1 aromatic rings. The van der Waals surface area contributed by atoms with Crippen LogP contribution < -0.4 is 9.46 Å². The Labute approximate surface area is 116 Å². The van der Waals surface area contributed by atoms with Crippen LogP contribution in [0.2, 0.25) is 0 Å². The molecule has 0 aromatic heterocycles. The zero-order valence-electron chi connectivity index (χ0n) is 10.9. The van der Waals surface area contributed by atoms with E-state index in [1.165, 1.54) is 19.2 Å². The summed E-state index contributed by atoms with van der Waals surface area (Å²) < 4.78 is 44.1. The molecule has 8 heteroatoms. The third-order valence-corrected chi connectivity index (χ3v) is 4.00. The van der Waals surface area contributed by atoms with Gasteiger partial charge in [-0.05, 0) is 31.0 Å². The zero-order chi connectivity index (χ0) is 15.2. The van der Waals surface area contributed by atoms with Crippen molar-refractivity contribution in [2.45, 2.75) is 24.2 Å². The molecule has 0 aliphatic rings. The quantitative estimate of drug-likeness (QED) is 0.708. The molecule has 1 aromatic carbocycles. The summed E-state index contributed by atoms with van der Waals surface area (Å²) in [4.78, 5) is 10.1. The SMILES string of the molecule is COc1ccc(S(=O)(=O)NCCCCC(=O)O)cc1F. The minimum atomic E-state index is -3.80. The number of ether oxygens (including phenoxy) is 1. The highest BCUT2D eigenvalue weighted by Gasteiger charge is 2.16. The molecule has 0 radical (unpaired) electrons. The van der Waals surface area contributed by atoms with Crippen LogP contribution in [0.3, 0.4) is 0 Å². The number of hydrogen-bond donors (Lipinski definition) is 2. The minimum Gasteiger partial charge on any atom is -0.494 e. The Morgan fingerprint density at radius 2 is 2.10 bits per heavy atom. The van der Waals surface area contributed by atoms with Crippen LogP contribution in [0.25, 0.3) is 0 Å². The van der Waals surface area contributed by atoms with Crippen LogP contribution in [0.15, 0.2) is 23.1 Å². The number of sulfonamides is 1. The summed E-state index contributed by atoms with van der Waals surface area (Å²) in [5.41, 5.74) is 0. The van der Waals surface area contributed by atoms with E-state index >= 15 is 0 Å². The molecule has 0 bridgehead atoms. The van der Waals surface area contributed by atoms with Crippen molar-refractivity contribution in [3.8, 4) is 5.75 Å². The predicted molar refractivity (Wildman–Crippen MR) is 69.6 cm³/mol. The van der Waals surface area contributed by atoms with Gasteiger partial charge >= 0.3 is 5.97 Å². The summed E-state index contributed by atoms with van der Waals surface area (Å²) in [6.07, 6.45) is 0.748. The van der Waals surface area contributed by atoms with Crippen LogP contribution >= 0.6 is 0 Å². The van der Waals surface area contributed by atoms with Gasteiger partial charge in [-0.15, -0.1) is 0 Å². The Balaban J connectivity index is 2.60. The van der Waals surface area contributed by atoms with Gasteiger partial charge in [-0.25, -0.2) is 17.5 Å². The largest absolute Gasteiger partial charge is 0.494 e. The molecule has 0 fully saturated rings. The highest BCUT2D eigenvalue weighted by atomic mass is 32.2. The van der Waals surface area contributed by atoms with Gasteiger partial charge in [-0.1, -0.05) is 0 Å². The molecule has 0 unspecified atom stereocenters. The number of benzene rings is 1. The zero-order valence-corrected chi connectivity index (χ0v) is 11.7. The first-order chi connectivity index (χ1) is 9.36. The van der Waals surface area contributed by atoms with Crippen molar-refractivity contribution in [1.82, 2.24) is 4.72 Å². The lowest BCUT2D eigenvalue weighted by Gasteiger charge is -2.08. The van der Waals surface area contributed by atoms with Crippen LogP contribution in [-0.2, 0) is 14.8 Å². The number of carboxylic acid groups (broad SMARTS) is 1. The molecule has 20 heavy (non-hydrogen) atoms. The van der Waals surface area contributed by atoms with Crippen molar-refractivity contribution in [1.29, 1.82) is 0 Å². The summed E-state index contributed by atoms with van der Waals surface area (Å²) in [6.45, 7) is 0.100. The average molecular weight is 305 g/mol. The summed E-state index contributed by atoms with van der Waals surface area (Å²) in [6, 6.07) is 3.34. The molecular weight excluding hydrogens is 289 g/mol. The normalized spacial score (nSPS) is 11.3. The van der Waals surface area contributed by atoms with E-state index in [2.05, 4.69) is 4.72 Å². The summed E-state index contributed by atoms with van der Waals surface area (Å²) >= 11 is 0. The minimum absolute atomic E-state index is 0.0150. The van der Waals surface area contributed by atoms with Crippen LogP contribution in [-0.4, -0.2) is 33.1 Å². The summed E-state index contributed by atoms with van der Waals surface area (Å²) in [7, 11) is -2.52. The van der Waals surface area contributed by atoms with Crippen LogP contribution in [0.5, 0.6) is 5.75 Å². The molecule has 6 nitrogen and oxygen atoms in total. The molecule has 0 aliphatic heterocycles. The summed E-state index contributed by atoms with van der Waals surface area (Å²) in [5.74, 6) is -1.73. The van der Waals surface area contributed by atoms with Gasteiger partial charge in [0.2, 0.25) is 10.0 Å². The number of nitrogens with one attached hydrogen (secondary N) is 1. The van der Waals surface area contributed by atoms with Crippen molar-refractivity contribution in [2.75, 3.05) is 13.7 Å². The maximum absolute atomic E-state index is 13.4. The molecule has 0 atom stereocenters. The molecular formula is C12H16FNO5S. The van der Waals surface area contributed by atoms with Crippen LogP contribution in [0.4, 0.5) is 4.39 Å². The van der Waals surface area contributed by atoms with Gasteiger partial charge in [-0.2, -0.15) is 0 Å². The lowest BCUT2D eigenvalue weighted by atomic mass is 10.2. The number of aliphatic carboxylic acids is 1. The van der Waals surface area contributed by atoms with Crippen molar-refractivity contribution in [3.05, 3.63) is 24.0 Å². The fourth-order valence-corrected chi connectivity index (χ4v) is 2.59. The van der Waals surface area contributed by atoms with Gasteiger partial charge < -0.3 is 9.84 Å². The van der Waals surface area contributed by atoms with Crippen molar-refractivity contribution >= 4 is 16.0 Å². The maximum atomic E-state index is 13.4. The van der Waals surface area contributed by atoms with Gasteiger partial charge in [0, 0.05) is 13.0 Å². The number of halogens is 1. The molecule has 0 spiro atoms. The van der Waals surface area contributed by atoms with E-state index in [0.29, 0.717) is 12.8 Å². The van der Waals surface area contributed by atoms with Gasteiger partial charge in [0.25, 0.3) is 0 Å². The van der Waals surface area contributed by atoms with Crippen molar-refractivity contribution in [2.24, 2.45) is 0 Å². The number of rotatable bonds is 8. The first-order valence-electron chi connectivity index (χ1n) is 5.92. The molecule has 2 N–H and O–H groups in total. The molecule has 0 saturated heterocycles. The van der Waals surface area contributed by atoms with Gasteiger partial charge in [0.15, 0.2) is 11.6 Å². The Kier molecular flexibility index (Phi) is 5.90. The lowest BCUT2D eigenvalue weighted by molar-refractivity contribution is -0.137. The van der Waals surface area contributed by atoms with Crippen LogP contribution in [0, 0.1) is 5.82 Å². The van der Waals surface area contributed by atoms with Gasteiger partial charge in [0.1, 0.15) is 0 Å². The van der Waals surface area contributed by atoms with Crippen LogP contribution in [0.1, 0.15) is 19.3 Å². The second-order valence-corrected chi connectivity index (χ2v) is 5.81. The van der Waals surface area contributed by atoms with Gasteiger partial charge in [0.05, 0.1) is 12.0 Å². The predicted octanol–water partition coefficient (Wildman–Crippen LogP) is 1.37. The van der Waals surface area contributed by atoms with Gasteiger partial charge in [-0.3, -0.25) is 4.79 Å². The molecule has 112 valence electrons. The Morgan fingerprint density at radius 1 is 1.40 bits per heavy atom. The van der Waals surface area contributed by atoms with Crippen molar-refractivity contribution < 1.29 is 27.4 Å². The van der Waals surface area contributed by atoms with E-state index in [9.17, 15) is 17.6 Å². The van der Waals surface area contributed by atoms with E-state index in [0.717, 1.165) is 6.07 Å². The molecule has 0 aliphatic carbocycles. The highest BCUT2D eigenvalue weighted by Crippen LogP contribution is 2.20. The second kappa shape index (κ2) is 7.20. The summed E-state index contributed by atoms with van der Waals surface area (Å²) in [5, 5.41) is 8.44. The van der Waals surface area contributed by atoms with E-state index in [4.69, 9.17) is 9.84 Å². The Bertz CT molecular complexity index is 573. The number of carbonyl (C=O) groups is 1. The van der Waals surface area contributed by atoms with E-state index < -0.39 is 21.8 Å². The first kappa shape index (κ1) is 16.4. The Hall–Kier alpha value is -1.67. The topological polar surface area (TPSA) is 92.7 Å². The fourth-order valence-electron chi connectivity index (χ4n) is 1.51. The number of carboxylic acids is 1. The first-order valence-corrected chi connectivity index (χ1v) is 7.40. The standard InChI is InChI=1S/C12H16FNO5S/c1-19-11-6-5-9(8-10(11)13)20(17,18)14-7-3-2-4-12(15)16/h5-6,8,14H,2-4,7H2,1H3,(H,15,16). The molecule has 0 saturated carbocycles. The smallest absolute Gasteiger partial charge is 0.303 e. The fraction of sp³-hybridized carbons (Fsp3) is 0.417. The highest BCUT2D eigenvalue weighted by molar-refractivity contribution is 7.89. The Morgan fingerprint density at radius 3 is 2.65 bits per heavy atom. The lowest BCUT2D eigenvalue weighted by Crippen LogP contribution is -2.25. The van der Waals surface area contributed by atoms with E-state index in [-0.39, 0.29) is 23.6 Å². The maximum Gasteiger partial charge on any atom is 0.303 e. The number of hydrogen-bond acceptors (Lipinski definition) is 4. The van der Waals surface area contributed by atoms with Crippen molar-refractivity contribution in [3.63, 3.8) is 0 Å². The van der Waals surface area contributed by atoms with E-state index in [1.807, 2.05) is 0 Å². The third-order valence-electron chi connectivity index (χ3n) is 2.54. The average Bonchev–Trinajstić information content (AvgIpc) is 2.37. The monoisotopic (exact) mass is 305 g/mol. The third kappa shape index (κ3) is 4.78. The van der Waals surface area contributed by atoms with E-state index in [1.54, 1.807) is 0 Å². The number of unbranched alkanes of at least 4 members (excludes halogenated alkanes) is 1. The number of methoxy groups -OCH3 is 1. The second-order valence-electron chi connectivity index (χ2n) is 4.04. The molecule has 0 amide bonds. The molecule has 1 rings (SSSR count). The molecule has 0 heterocycles.